The maximum Gasteiger partial charge on any atom is 0.338 e. The maximum atomic E-state index is 14.6. The minimum Gasteiger partial charge on any atom is -0.504 e. The van der Waals surface area contributed by atoms with Gasteiger partial charge in [0.1, 0.15) is 24.4 Å². The van der Waals surface area contributed by atoms with E-state index in [2.05, 4.69) is 19.9 Å². The van der Waals surface area contributed by atoms with Crippen molar-refractivity contribution in [2.75, 3.05) is 13.2 Å². The standard InChI is InChI=1S/C43H62O16/c1-19-9-10-43(37(55)59-36-31(52)30(51)29(50)26(17-44)58-36)12-11-40(4)21(32(43)42(19,6)56)7-8-27-38(2)15-25(48)34(53)39(3,33(38)24(47)16-41(27,40)5)18-57-35(54)20-13-22(45)28(49)23(46)14-20/h7,13-14,19,24-27,29-34,36,44-53,56H,8-12,15-18H2,1-6H3/t19-,24-,25-,26-,27-,29-,30+,31-,32?,33-,34+,36+,38-,39+,40-,41-,42-,43+/m1/s1. The Morgan fingerprint density at radius 1 is 0.864 bits per heavy atom. The van der Waals surface area contributed by atoms with Crippen LogP contribution in [0.2, 0.25) is 0 Å². The van der Waals surface area contributed by atoms with Crippen molar-refractivity contribution in [3.05, 3.63) is 29.3 Å². The number of allylic oxidation sites excluding steroid dienone is 1. The van der Waals surface area contributed by atoms with Gasteiger partial charge in [-0.25, -0.2) is 4.79 Å². The summed E-state index contributed by atoms with van der Waals surface area (Å²) < 4.78 is 17.1. The number of ether oxygens (including phenoxy) is 3. The first-order valence-corrected chi connectivity index (χ1v) is 20.8. The van der Waals surface area contributed by atoms with Gasteiger partial charge >= 0.3 is 11.9 Å². The van der Waals surface area contributed by atoms with Crippen LogP contribution in [0.1, 0.15) is 96.8 Å². The van der Waals surface area contributed by atoms with Gasteiger partial charge in [-0.1, -0.05) is 46.3 Å². The summed E-state index contributed by atoms with van der Waals surface area (Å²) in [7, 11) is 0. The highest BCUT2D eigenvalue weighted by molar-refractivity contribution is 5.91. The van der Waals surface area contributed by atoms with E-state index in [0.29, 0.717) is 25.7 Å². The third kappa shape index (κ3) is 6.17. The molecule has 5 fully saturated rings. The first-order chi connectivity index (χ1) is 27.4. The molecule has 0 spiro atoms. The number of rotatable bonds is 6. The second-order valence-corrected chi connectivity index (χ2v) is 20.0. The van der Waals surface area contributed by atoms with Crippen LogP contribution in [-0.4, -0.2) is 136 Å². The van der Waals surface area contributed by atoms with Crippen molar-refractivity contribution in [3.8, 4) is 17.2 Å². The van der Waals surface area contributed by atoms with Gasteiger partial charge < -0.3 is 70.4 Å². The number of aliphatic hydroxyl groups excluding tert-OH is 7. The zero-order valence-corrected chi connectivity index (χ0v) is 34.5. The molecule has 4 saturated carbocycles. The monoisotopic (exact) mass is 834 g/mol. The number of carbonyl (C=O) groups excluding carboxylic acids is 2. The molecule has 5 aliphatic carbocycles. The van der Waals surface area contributed by atoms with Crippen LogP contribution in [0, 0.1) is 50.7 Å². The Balaban J connectivity index is 1.24. The summed E-state index contributed by atoms with van der Waals surface area (Å²) in [4.78, 5) is 27.9. The second kappa shape index (κ2) is 14.5. The summed E-state index contributed by atoms with van der Waals surface area (Å²) in [5.41, 5.74) is -5.81. The van der Waals surface area contributed by atoms with Crippen LogP contribution >= 0.6 is 0 Å². The number of fused-ring (bicyclic) bond motifs is 7. The zero-order valence-electron chi connectivity index (χ0n) is 34.5. The van der Waals surface area contributed by atoms with Gasteiger partial charge in [-0.2, -0.15) is 0 Å². The molecular formula is C43H62O16. The Kier molecular flexibility index (Phi) is 10.8. The van der Waals surface area contributed by atoms with E-state index in [0.717, 1.165) is 17.7 Å². The van der Waals surface area contributed by atoms with E-state index in [9.17, 15) is 65.8 Å². The summed E-state index contributed by atoms with van der Waals surface area (Å²) in [5.74, 6) is -5.94. The predicted octanol–water partition coefficient (Wildman–Crippen LogP) is 1.36. The Labute approximate surface area is 343 Å². The first-order valence-electron chi connectivity index (χ1n) is 20.8. The maximum absolute atomic E-state index is 14.6. The van der Waals surface area contributed by atoms with Crippen molar-refractivity contribution in [1.82, 2.24) is 0 Å². The third-order valence-corrected chi connectivity index (χ3v) is 17.0. The molecule has 1 aromatic rings. The zero-order chi connectivity index (χ0) is 43.6. The average Bonchev–Trinajstić information content (AvgIpc) is 3.16. The lowest BCUT2D eigenvalue weighted by Crippen LogP contribution is -2.72. The second-order valence-electron chi connectivity index (χ2n) is 20.0. The number of esters is 2. The van der Waals surface area contributed by atoms with Gasteiger partial charge in [0, 0.05) is 17.3 Å². The Bertz CT molecular complexity index is 1840. The minimum absolute atomic E-state index is 0.117. The van der Waals surface area contributed by atoms with Crippen LogP contribution in [0.3, 0.4) is 0 Å². The van der Waals surface area contributed by atoms with Gasteiger partial charge in [-0.05, 0) is 92.1 Å². The molecule has 1 aliphatic heterocycles. The van der Waals surface area contributed by atoms with E-state index >= 15 is 0 Å². The fourth-order valence-corrected chi connectivity index (χ4v) is 13.6. The Morgan fingerprint density at radius 2 is 1.51 bits per heavy atom. The number of aromatic hydroxyl groups is 3. The molecule has 0 aromatic heterocycles. The van der Waals surface area contributed by atoms with Crippen molar-refractivity contribution < 1.29 is 80.0 Å². The van der Waals surface area contributed by atoms with Gasteiger partial charge in [-0.3, -0.25) is 4.79 Å². The quantitative estimate of drug-likeness (QED) is 0.110. The molecule has 11 N–H and O–H groups in total. The van der Waals surface area contributed by atoms with E-state index in [-0.39, 0.29) is 36.7 Å². The van der Waals surface area contributed by atoms with Gasteiger partial charge in [0.25, 0.3) is 0 Å². The van der Waals surface area contributed by atoms with Crippen LogP contribution in [0.5, 0.6) is 17.2 Å². The normalized spacial score (nSPS) is 49.3. The summed E-state index contributed by atoms with van der Waals surface area (Å²) in [6.07, 6.45) is -7.62. The Hall–Kier alpha value is -3.06. The molecule has 1 saturated heterocycles. The minimum atomic E-state index is -1.80. The van der Waals surface area contributed by atoms with E-state index in [1.54, 1.807) is 13.8 Å². The topological polar surface area (TPSA) is 284 Å². The van der Waals surface area contributed by atoms with Crippen molar-refractivity contribution in [2.24, 2.45) is 50.7 Å². The number of hydrogen-bond acceptors (Lipinski definition) is 16. The molecule has 7 rings (SSSR count). The van der Waals surface area contributed by atoms with Crippen LogP contribution < -0.4 is 0 Å². The SMILES string of the molecule is C[C@@H]1CC[C@]2(C(=O)O[C@@H]3O[C@H](CO)[C@@H](O)[C@H](O)[C@H]3O)CC[C@]3(C)C(=CC[C@@H]4[C@@]5(C)C[C@@H](O)[C@H](O)[C@@](C)(COC(=O)c6cc(O)c(O)c(O)c6)[C@@H]5[C@H](O)C[C@]43C)C2[C@]1(C)O. The number of carbonyl (C=O) groups is 2. The molecule has 0 radical (unpaired) electrons. The fraction of sp³-hybridized carbons (Fsp3) is 0.767. The van der Waals surface area contributed by atoms with E-state index in [4.69, 9.17) is 14.2 Å². The first kappa shape index (κ1) is 44.0. The van der Waals surface area contributed by atoms with E-state index in [1.165, 1.54) is 0 Å². The average molecular weight is 835 g/mol. The lowest BCUT2D eigenvalue weighted by molar-refractivity contribution is -0.300. The summed E-state index contributed by atoms with van der Waals surface area (Å²) in [5, 5.41) is 119. The highest BCUT2D eigenvalue weighted by Crippen LogP contribution is 2.76. The molecule has 1 aromatic carbocycles. The molecule has 1 unspecified atom stereocenters. The van der Waals surface area contributed by atoms with Crippen molar-refractivity contribution in [3.63, 3.8) is 0 Å². The number of phenols is 3. The van der Waals surface area contributed by atoms with E-state index in [1.807, 2.05) is 13.8 Å². The number of hydrogen-bond donors (Lipinski definition) is 11. The predicted molar refractivity (Wildman–Crippen MR) is 205 cm³/mol. The highest BCUT2D eigenvalue weighted by atomic mass is 16.7. The largest absolute Gasteiger partial charge is 0.504 e. The summed E-state index contributed by atoms with van der Waals surface area (Å²) in [6.45, 7) is 10.4. The fourth-order valence-electron chi connectivity index (χ4n) is 13.6. The molecular weight excluding hydrogens is 772 g/mol. The molecule has 0 bridgehead atoms. The Morgan fingerprint density at radius 3 is 2.14 bits per heavy atom. The molecule has 330 valence electrons. The van der Waals surface area contributed by atoms with Crippen LogP contribution in [0.25, 0.3) is 0 Å². The van der Waals surface area contributed by atoms with Gasteiger partial charge in [0.15, 0.2) is 17.2 Å². The summed E-state index contributed by atoms with van der Waals surface area (Å²) >= 11 is 0. The van der Waals surface area contributed by atoms with Gasteiger partial charge in [-0.15, -0.1) is 0 Å². The number of benzene rings is 1. The molecule has 16 heteroatoms. The lowest BCUT2D eigenvalue weighted by Gasteiger charge is -2.73. The molecule has 1 heterocycles. The molecule has 59 heavy (non-hydrogen) atoms. The van der Waals surface area contributed by atoms with Crippen LogP contribution in [0.15, 0.2) is 23.8 Å². The van der Waals surface area contributed by atoms with Crippen LogP contribution in [0.4, 0.5) is 0 Å². The number of phenolic OH excluding ortho intramolecular Hbond substituents is 3. The number of aliphatic hydroxyl groups is 8. The highest BCUT2D eigenvalue weighted by Gasteiger charge is 2.74. The molecule has 16 nitrogen and oxygen atoms in total. The van der Waals surface area contributed by atoms with Crippen molar-refractivity contribution >= 4 is 11.9 Å². The van der Waals surface area contributed by atoms with Gasteiger partial charge in [0.2, 0.25) is 6.29 Å². The summed E-state index contributed by atoms with van der Waals surface area (Å²) in [6, 6.07) is 1.86. The molecule has 0 amide bonds. The van der Waals surface area contributed by atoms with Gasteiger partial charge in [0.05, 0.1) is 48.1 Å². The molecule has 18 atom stereocenters. The van der Waals surface area contributed by atoms with E-state index < -0.39 is 136 Å². The third-order valence-electron chi connectivity index (χ3n) is 17.0. The van der Waals surface area contributed by atoms with Crippen LogP contribution in [-0.2, 0) is 19.0 Å². The van der Waals surface area contributed by atoms with Crippen molar-refractivity contribution in [1.29, 1.82) is 0 Å². The lowest BCUT2D eigenvalue weighted by atomic mass is 9.32. The molecule has 6 aliphatic rings. The smallest absolute Gasteiger partial charge is 0.338 e. The van der Waals surface area contributed by atoms with Crippen molar-refractivity contribution in [2.45, 2.75) is 141 Å².